The zero-order chi connectivity index (χ0) is 22.9. The zero-order valence-electron chi connectivity index (χ0n) is 19.5. The summed E-state index contributed by atoms with van der Waals surface area (Å²) in [6, 6.07) is 30.7. The summed E-state index contributed by atoms with van der Waals surface area (Å²) in [5, 5.41) is 0. The monoisotopic (exact) mass is 446 g/mol. The Hall–Kier alpha value is -2.50. The number of ether oxygens (including phenoxy) is 4. The van der Waals surface area contributed by atoms with Gasteiger partial charge in [-0.25, -0.2) is 0 Å². The Bertz CT molecular complexity index is 930. The Morgan fingerprint density at radius 2 is 1.06 bits per heavy atom. The van der Waals surface area contributed by atoms with Crippen LogP contribution in [0.5, 0.6) is 0 Å². The lowest BCUT2D eigenvalue weighted by Gasteiger charge is -2.44. The van der Waals surface area contributed by atoms with Gasteiger partial charge < -0.3 is 18.9 Å². The normalized spacial score (nSPS) is 25.1. The molecule has 0 saturated carbocycles. The number of hydrogen-bond donors (Lipinski definition) is 0. The molecule has 0 aromatic heterocycles. The quantitative estimate of drug-likeness (QED) is 0.395. The summed E-state index contributed by atoms with van der Waals surface area (Å²) in [4.78, 5) is 0. The number of benzene rings is 3. The van der Waals surface area contributed by atoms with Crippen molar-refractivity contribution in [2.75, 3.05) is 6.61 Å². The minimum Gasteiger partial charge on any atom is -0.374 e. The van der Waals surface area contributed by atoms with Crippen molar-refractivity contribution in [3.63, 3.8) is 0 Å². The average Bonchev–Trinajstić information content (AvgIpc) is 2.85. The van der Waals surface area contributed by atoms with Gasteiger partial charge in [-0.1, -0.05) is 97.9 Å². The Morgan fingerprint density at radius 1 is 0.606 bits per heavy atom. The summed E-state index contributed by atoms with van der Waals surface area (Å²) in [7, 11) is 0. The van der Waals surface area contributed by atoms with Crippen molar-refractivity contribution >= 4 is 0 Å². The van der Waals surface area contributed by atoms with Crippen molar-refractivity contribution in [3.05, 3.63) is 108 Å². The fraction of sp³-hybridized carbons (Fsp3) is 0.379. The van der Waals surface area contributed by atoms with E-state index < -0.39 is 0 Å². The van der Waals surface area contributed by atoms with Crippen molar-refractivity contribution < 1.29 is 18.9 Å². The van der Waals surface area contributed by atoms with E-state index in [-0.39, 0.29) is 30.3 Å². The third kappa shape index (κ3) is 6.75. The second kappa shape index (κ2) is 12.1. The van der Waals surface area contributed by atoms with E-state index in [1.54, 1.807) is 0 Å². The van der Waals surface area contributed by atoms with Crippen LogP contribution in [-0.4, -0.2) is 31.0 Å². The molecule has 1 heterocycles. The third-order valence-electron chi connectivity index (χ3n) is 6.22. The molecule has 3 aromatic rings. The van der Waals surface area contributed by atoms with Gasteiger partial charge in [0.15, 0.2) is 0 Å². The largest absolute Gasteiger partial charge is 0.374 e. The molecule has 1 aliphatic rings. The van der Waals surface area contributed by atoms with Crippen LogP contribution in [0, 0.1) is 5.92 Å². The maximum Gasteiger partial charge on any atom is 0.108 e. The highest BCUT2D eigenvalue weighted by molar-refractivity contribution is 5.15. The van der Waals surface area contributed by atoms with Gasteiger partial charge in [-0.2, -0.15) is 0 Å². The molecule has 1 saturated heterocycles. The Labute approximate surface area is 197 Å². The summed E-state index contributed by atoms with van der Waals surface area (Å²) < 4.78 is 25.3. The number of rotatable bonds is 10. The van der Waals surface area contributed by atoms with E-state index in [1.807, 2.05) is 54.6 Å². The summed E-state index contributed by atoms with van der Waals surface area (Å²) in [6.07, 6.45) is -0.390. The second-order valence-electron chi connectivity index (χ2n) is 8.76. The standard InChI is InChI=1S/C29H34O4/c1-22-28(31-19-25-14-8-4-9-15-25)23(2)33-27(21-30-18-24-12-6-3-7-13-24)29(22)32-20-26-16-10-5-11-17-26/h3-17,22-23,27-29H,18-21H2,1-2H3/t22-,23?,27?,28?,29-/m1/s1. The van der Waals surface area contributed by atoms with Gasteiger partial charge in [0.25, 0.3) is 0 Å². The lowest BCUT2D eigenvalue weighted by atomic mass is 9.87. The highest BCUT2D eigenvalue weighted by atomic mass is 16.6. The SMILES string of the molecule is CC1OC(COCc2ccccc2)[C@H](OCc2ccccc2)[C@H](C)C1OCc1ccccc1. The molecule has 33 heavy (non-hydrogen) atoms. The maximum atomic E-state index is 6.44. The molecule has 0 aliphatic carbocycles. The predicted molar refractivity (Wildman–Crippen MR) is 130 cm³/mol. The van der Waals surface area contributed by atoms with E-state index in [0.29, 0.717) is 26.4 Å². The molecule has 4 nitrogen and oxygen atoms in total. The van der Waals surface area contributed by atoms with Crippen LogP contribution in [-0.2, 0) is 38.8 Å². The van der Waals surface area contributed by atoms with Crippen LogP contribution >= 0.6 is 0 Å². The van der Waals surface area contributed by atoms with Crippen molar-refractivity contribution in [1.29, 1.82) is 0 Å². The van der Waals surface area contributed by atoms with Crippen molar-refractivity contribution in [2.45, 2.75) is 58.1 Å². The lowest BCUT2D eigenvalue weighted by Crippen LogP contribution is -2.55. The van der Waals surface area contributed by atoms with Crippen molar-refractivity contribution in [1.82, 2.24) is 0 Å². The first-order valence-corrected chi connectivity index (χ1v) is 11.8. The van der Waals surface area contributed by atoms with Crippen LogP contribution in [0.1, 0.15) is 30.5 Å². The maximum absolute atomic E-state index is 6.44. The topological polar surface area (TPSA) is 36.9 Å². The van der Waals surface area contributed by atoms with Crippen LogP contribution in [0.2, 0.25) is 0 Å². The fourth-order valence-corrected chi connectivity index (χ4v) is 4.46. The van der Waals surface area contributed by atoms with E-state index >= 15 is 0 Å². The minimum absolute atomic E-state index is 0.0504. The van der Waals surface area contributed by atoms with Crippen LogP contribution in [0.15, 0.2) is 91.0 Å². The van der Waals surface area contributed by atoms with E-state index in [9.17, 15) is 0 Å². The molecule has 0 amide bonds. The first-order valence-electron chi connectivity index (χ1n) is 11.8. The van der Waals surface area contributed by atoms with Crippen molar-refractivity contribution in [3.8, 4) is 0 Å². The molecule has 4 rings (SSSR count). The molecule has 0 radical (unpaired) electrons. The summed E-state index contributed by atoms with van der Waals surface area (Å²) in [5.41, 5.74) is 3.46. The van der Waals surface area contributed by atoms with Gasteiger partial charge in [0.2, 0.25) is 0 Å². The van der Waals surface area contributed by atoms with Gasteiger partial charge in [0.1, 0.15) is 6.10 Å². The van der Waals surface area contributed by atoms with Crippen LogP contribution in [0.3, 0.4) is 0 Å². The van der Waals surface area contributed by atoms with Crippen LogP contribution in [0.25, 0.3) is 0 Å². The van der Waals surface area contributed by atoms with E-state index in [4.69, 9.17) is 18.9 Å². The molecule has 3 aromatic carbocycles. The highest BCUT2D eigenvalue weighted by Crippen LogP contribution is 2.32. The van der Waals surface area contributed by atoms with Gasteiger partial charge in [-0.05, 0) is 23.6 Å². The van der Waals surface area contributed by atoms with Gasteiger partial charge >= 0.3 is 0 Å². The van der Waals surface area contributed by atoms with Gasteiger partial charge in [0.05, 0.1) is 44.7 Å². The van der Waals surface area contributed by atoms with E-state index in [2.05, 4.69) is 50.2 Å². The van der Waals surface area contributed by atoms with Gasteiger partial charge in [0, 0.05) is 5.92 Å². The van der Waals surface area contributed by atoms with Crippen LogP contribution in [0.4, 0.5) is 0 Å². The molecule has 0 bridgehead atoms. The second-order valence-corrected chi connectivity index (χ2v) is 8.76. The third-order valence-corrected chi connectivity index (χ3v) is 6.22. The number of hydrogen-bond acceptors (Lipinski definition) is 4. The molecule has 174 valence electrons. The smallest absolute Gasteiger partial charge is 0.108 e. The summed E-state index contributed by atoms with van der Waals surface area (Å²) in [5.74, 6) is 0.159. The van der Waals surface area contributed by atoms with Crippen molar-refractivity contribution in [2.24, 2.45) is 5.92 Å². The molecular formula is C29H34O4. The van der Waals surface area contributed by atoms with Gasteiger partial charge in [-0.3, -0.25) is 0 Å². The Morgan fingerprint density at radius 3 is 1.58 bits per heavy atom. The molecular weight excluding hydrogens is 412 g/mol. The molecule has 3 unspecified atom stereocenters. The average molecular weight is 447 g/mol. The first-order chi connectivity index (χ1) is 16.2. The van der Waals surface area contributed by atoms with E-state index in [0.717, 1.165) is 16.7 Å². The highest BCUT2D eigenvalue weighted by Gasteiger charge is 2.43. The zero-order valence-corrected chi connectivity index (χ0v) is 19.5. The Balaban J connectivity index is 1.41. The summed E-state index contributed by atoms with van der Waals surface area (Å²) in [6.45, 7) is 6.42. The Kier molecular flexibility index (Phi) is 8.67. The van der Waals surface area contributed by atoms with Crippen LogP contribution < -0.4 is 0 Å². The minimum atomic E-state index is -0.154. The molecule has 5 atom stereocenters. The first kappa shape index (κ1) is 23.7. The molecule has 1 aliphatic heterocycles. The predicted octanol–water partition coefficient (Wildman–Crippen LogP) is 5.80. The summed E-state index contributed by atoms with van der Waals surface area (Å²) >= 11 is 0. The fourth-order valence-electron chi connectivity index (χ4n) is 4.46. The van der Waals surface area contributed by atoms with E-state index in [1.165, 1.54) is 0 Å². The molecule has 0 spiro atoms. The molecule has 0 N–H and O–H groups in total. The molecule has 1 fully saturated rings. The molecule has 4 heteroatoms. The lowest BCUT2D eigenvalue weighted by molar-refractivity contribution is -0.235. The van der Waals surface area contributed by atoms with Gasteiger partial charge in [-0.15, -0.1) is 0 Å².